The molecule has 0 saturated heterocycles. The number of aromatic amines is 1. The van der Waals surface area contributed by atoms with Crippen molar-refractivity contribution in [2.24, 2.45) is 10.2 Å². The highest BCUT2D eigenvalue weighted by Crippen LogP contribution is 2.39. The SMILES string of the molecule is C/N=N\c1ccc2c(c1)-c1[nH]c3ccc(Br)cc3c1CC(=O)N2. The van der Waals surface area contributed by atoms with Gasteiger partial charge in [0.15, 0.2) is 0 Å². The number of nitrogens with one attached hydrogen (secondary N) is 2. The topological polar surface area (TPSA) is 69.6 Å². The Labute approximate surface area is 140 Å². The molecule has 114 valence electrons. The molecule has 4 rings (SSSR count). The van der Waals surface area contributed by atoms with Crippen LogP contribution in [0.2, 0.25) is 0 Å². The zero-order chi connectivity index (χ0) is 16.0. The zero-order valence-electron chi connectivity index (χ0n) is 12.4. The summed E-state index contributed by atoms with van der Waals surface area (Å²) in [7, 11) is 1.64. The van der Waals surface area contributed by atoms with Crippen molar-refractivity contribution in [3.05, 3.63) is 46.4 Å². The second-order valence-corrected chi connectivity index (χ2v) is 6.34. The van der Waals surface area contributed by atoms with E-state index in [9.17, 15) is 4.79 Å². The van der Waals surface area contributed by atoms with E-state index in [2.05, 4.69) is 36.5 Å². The normalized spacial score (nSPS) is 13.7. The Morgan fingerprint density at radius 2 is 2.04 bits per heavy atom. The number of halogens is 1. The highest BCUT2D eigenvalue weighted by Gasteiger charge is 2.23. The fraction of sp³-hybridized carbons (Fsp3) is 0.118. The predicted molar refractivity (Wildman–Crippen MR) is 94.2 cm³/mol. The van der Waals surface area contributed by atoms with E-state index in [1.165, 1.54) is 0 Å². The van der Waals surface area contributed by atoms with Gasteiger partial charge in [0, 0.05) is 28.0 Å². The van der Waals surface area contributed by atoms with Crippen molar-refractivity contribution in [2.45, 2.75) is 6.42 Å². The molecule has 0 spiro atoms. The monoisotopic (exact) mass is 368 g/mol. The van der Waals surface area contributed by atoms with E-state index in [1.54, 1.807) is 7.05 Å². The quantitative estimate of drug-likeness (QED) is 0.594. The number of hydrogen-bond donors (Lipinski definition) is 2. The highest BCUT2D eigenvalue weighted by molar-refractivity contribution is 9.10. The first kappa shape index (κ1) is 14.1. The van der Waals surface area contributed by atoms with Gasteiger partial charge in [0.2, 0.25) is 5.91 Å². The number of hydrogen-bond acceptors (Lipinski definition) is 3. The van der Waals surface area contributed by atoms with Crippen molar-refractivity contribution >= 4 is 44.1 Å². The van der Waals surface area contributed by atoms with E-state index >= 15 is 0 Å². The molecule has 3 aromatic rings. The number of fused-ring (bicyclic) bond motifs is 5. The summed E-state index contributed by atoms with van der Waals surface area (Å²) < 4.78 is 0.991. The maximum absolute atomic E-state index is 12.3. The molecule has 6 heteroatoms. The first-order chi connectivity index (χ1) is 11.2. The van der Waals surface area contributed by atoms with Crippen LogP contribution in [-0.4, -0.2) is 17.9 Å². The number of amides is 1. The van der Waals surface area contributed by atoms with E-state index in [0.717, 1.165) is 43.6 Å². The van der Waals surface area contributed by atoms with Gasteiger partial charge < -0.3 is 10.3 Å². The summed E-state index contributed by atoms with van der Waals surface area (Å²) in [4.78, 5) is 15.7. The largest absolute Gasteiger partial charge is 0.354 e. The molecule has 0 bridgehead atoms. The van der Waals surface area contributed by atoms with Crippen molar-refractivity contribution in [3.8, 4) is 11.3 Å². The maximum atomic E-state index is 12.3. The lowest BCUT2D eigenvalue weighted by Gasteiger charge is -2.07. The lowest BCUT2D eigenvalue weighted by molar-refractivity contribution is -0.115. The second kappa shape index (κ2) is 5.31. The molecule has 2 aromatic carbocycles. The maximum Gasteiger partial charge on any atom is 0.228 e. The molecule has 0 atom stereocenters. The summed E-state index contributed by atoms with van der Waals surface area (Å²) in [6.07, 6.45) is 0.338. The van der Waals surface area contributed by atoms with Gasteiger partial charge in [0.1, 0.15) is 0 Å². The third-order valence-corrected chi connectivity index (χ3v) is 4.46. The summed E-state index contributed by atoms with van der Waals surface area (Å²) in [6, 6.07) is 11.7. The Bertz CT molecular complexity index is 974. The molecule has 2 N–H and O–H groups in total. The smallest absolute Gasteiger partial charge is 0.228 e. The second-order valence-electron chi connectivity index (χ2n) is 5.42. The van der Waals surface area contributed by atoms with E-state index in [0.29, 0.717) is 6.42 Å². The third-order valence-electron chi connectivity index (χ3n) is 3.97. The molecule has 1 aromatic heterocycles. The summed E-state index contributed by atoms with van der Waals surface area (Å²) in [5, 5.41) is 11.9. The summed E-state index contributed by atoms with van der Waals surface area (Å²) in [5.41, 5.74) is 5.45. The van der Waals surface area contributed by atoms with Crippen molar-refractivity contribution in [1.82, 2.24) is 4.98 Å². The minimum absolute atomic E-state index is 0.0178. The number of azo groups is 1. The van der Waals surface area contributed by atoms with Gasteiger partial charge in [-0.1, -0.05) is 15.9 Å². The van der Waals surface area contributed by atoms with Crippen molar-refractivity contribution < 1.29 is 4.79 Å². The summed E-state index contributed by atoms with van der Waals surface area (Å²) in [5.74, 6) is -0.0178. The molecule has 23 heavy (non-hydrogen) atoms. The van der Waals surface area contributed by atoms with Crippen LogP contribution in [0.25, 0.3) is 22.2 Å². The molecule has 0 radical (unpaired) electrons. The van der Waals surface area contributed by atoms with Gasteiger partial charge in [-0.2, -0.15) is 10.2 Å². The van der Waals surface area contributed by atoms with Crippen molar-refractivity contribution in [1.29, 1.82) is 0 Å². The van der Waals surface area contributed by atoms with Crippen LogP contribution in [0.4, 0.5) is 11.4 Å². The number of aromatic nitrogens is 1. The Kier molecular flexibility index (Phi) is 3.27. The fourth-order valence-electron chi connectivity index (χ4n) is 3.01. The van der Waals surface area contributed by atoms with Gasteiger partial charge in [0.05, 0.1) is 23.5 Å². The average molecular weight is 369 g/mol. The van der Waals surface area contributed by atoms with Crippen LogP contribution in [0.15, 0.2) is 51.1 Å². The molecule has 1 aliphatic heterocycles. The van der Waals surface area contributed by atoms with Crippen molar-refractivity contribution in [3.63, 3.8) is 0 Å². The standard InChI is InChI=1S/C17H13BrN4O/c1-19-22-10-3-5-15-13(7-10)17-12(8-16(23)20-15)11-6-9(18)2-4-14(11)21-17/h2-7,21H,8H2,1H3,(H,20,23)/b22-19-. The van der Waals surface area contributed by atoms with Gasteiger partial charge in [-0.3, -0.25) is 4.79 Å². The molecular formula is C17H13BrN4O. The average Bonchev–Trinajstić information content (AvgIpc) is 2.80. The van der Waals surface area contributed by atoms with E-state index in [4.69, 9.17) is 0 Å². The van der Waals surface area contributed by atoms with E-state index in [1.807, 2.05) is 36.4 Å². The summed E-state index contributed by atoms with van der Waals surface area (Å²) >= 11 is 3.50. The van der Waals surface area contributed by atoms with Crippen LogP contribution in [0.3, 0.4) is 0 Å². The van der Waals surface area contributed by atoms with Crippen LogP contribution in [-0.2, 0) is 11.2 Å². The molecule has 1 amide bonds. The van der Waals surface area contributed by atoms with Crippen LogP contribution in [0.5, 0.6) is 0 Å². The van der Waals surface area contributed by atoms with E-state index < -0.39 is 0 Å². The minimum atomic E-state index is -0.0178. The van der Waals surface area contributed by atoms with Crippen molar-refractivity contribution in [2.75, 3.05) is 12.4 Å². The van der Waals surface area contributed by atoms with E-state index in [-0.39, 0.29) is 5.91 Å². The first-order valence-electron chi connectivity index (χ1n) is 7.20. The number of carbonyl (C=O) groups excluding carboxylic acids is 1. The molecule has 0 fully saturated rings. The molecule has 2 heterocycles. The Morgan fingerprint density at radius 1 is 1.17 bits per heavy atom. The van der Waals surface area contributed by atoms with Gasteiger partial charge in [0.25, 0.3) is 0 Å². The Balaban J connectivity index is 2.04. The molecular weight excluding hydrogens is 356 g/mol. The van der Waals surface area contributed by atoms with Crippen LogP contribution >= 0.6 is 15.9 Å². The van der Waals surface area contributed by atoms with Gasteiger partial charge in [-0.05, 0) is 42.0 Å². The Morgan fingerprint density at radius 3 is 2.87 bits per heavy atom. The van der Waals surface area contributed by atoms with Gasteiger partial charge in [-0.25, -0.2) is 0 Å². The molecule has 5 nitrogen and oxygen atoms in total. The minimum Gasteiger partial charge on any atom is -0.354 e. The van der Waals surface area contributed by atoms with Gasteiger partial charge in [-0.15, -0.1) is 0 Å². The number of anilines is 1. The number of carbonyl (C=O) groups is 1. The molecule has 1 aliphatic rings. The lowest BCUT2D eigenvalue weighted by Crippen LogP contribution is -2.12. The lowest BCUT2D eigenvalue weighted by atomic mass is 10.0. The zero-order valence-corrected chi connectivity index (χ0v) is 13.9. The van der Waals surface area contributed by atoms with Crippen LogP contribution in [0, 0.1) is 0 Å². The first-order valence-corrected chi connectivity index (χ1v) is 7.99. The Hall–Kier alpha value is -2.47. The number of rotatable bonds is 1. The van der Waals surface area contributed by atoms with Gasteiger partial charge >= 0.3 is 0 Å². The number of H-pyrrole nitrogens is 1. The predicted octanol–water partition coefficient (Wildman–Crippen LogP) is 4.81. The summed E-state index contributed by atoms with van der Waals surface area (Å²) in [6.45, 7) is 0. The fourth-order valence-corrected chi connectivity index (χ4v) is 3.38. The number of benzene rings is 2. The molecule has 0 aliphatic carbocycles. The highest BCUT2D eigenvalue weighted by atomic mass is 79.9. The number of nitrogens with zero attached hydrogens (tertiary/aromatic N) is 2. The molecule has 0 saturated carbocycles. The third kappa shape index (κ3) is 2.35. The molecule has 0 unspecified atom stereocenters. The van der Waals surface area contributed by atoms with Crippen LogP contribution < -0.4 is 5.32 Å². The van der Waals surface area contributed by atoms with Crippen LogP contribution in [0.1, 0.15) is 5.56 Å².